The van der Waals surface area contributed by atoms with Gasteiger partial charge in [-0.3, -0.25) is 9.59 Å². The molecule has 0 radical (unpaired) electrons. The van der Waals surface area contributed by atoms with E-state index in [0.29, 0.717) is 13.1 Å². The van der Waals surface area contributed by atoms with Gasteiger partial charge in [-0.25, -0.2) is 4.39 Å². The van der Waals surface area contributed by atoms with Crippen molar-refractivity contribution in [3.8, 4) is 0 Å². The highest BCUT2D eigenvalue weighted by atomic mass is 19.1. The molecule has 1 rings (SSSR count). The van der Waals surface area contributed by atoms with E-state index in [-0.39, 0.29) is 24.4 Å². The number of benzene rings is 1. The Balaban J connectivity index is 2.44. The number of nitrogens with one attached hydrogen (secondary N) is 1. The molecule has 0 aliphatic heterocycles. The lowest BCUT2D eigenvalue weighted by Crippen LogP contribution is -2.34. The maximum absolute atomic E-state index is 13.3. The van der Waals surface area contributed by atoms with Crippen LogP contribution in [0.25, 0.3) is 0 Å². The van der Waals surface area contributed by atoms with Crippen molar-refractivity contribution in [1.29, 1.82) is 0 Å². The number of carbonyl (C=O) groups is 2. The summed E-state index contributed by atoms with van der Waals surface area (Å²) in [6.45, 7) is 5.31. The summed E-state index contributed by atoms with van der Waals surface area (Å²) in [6, 6.07) is 5.77. The lowest BCUT2D eigenvalue weighted by molar-refractivity contribution is -0.130. The molecule has 0 saturated heterocycles. The van der Waals surface area contributed by atoms with Gasteiger partial charge in [-0.05, 0) is 26.0 Å². The SMILES string of the molecule is CCN(CC)C(=O)CCNC(=O)c1ccccc1F. The molecule has 1 aromatic rings. The van der Waals surface area contributed by atoms with Gasteiger partial charge in [-0.1, -0.05) is 12.1 Å². The monoisotopic (exact) mass is 266 g/mol. The molecule has 0 aliphatic carbocycles. The highest BCUT2D eigenvalue weighted by Crippen LogP contribution is 2.05. The first-order chi connectivity index (χ1) is 9.10. The second-order valence-electron chi connectivity index (χ2n) is 4.05. The third-order valence-corrected chi connectivity index (χ3v) is 2.86. The van der Waals surface area contributed by atoms with Crippen molar-refractivity contribution >= 4 is 11.8 Å². The van der Waals surface area contributed by atoms with Gasteiger partial charge < -0.3 is 10.2 Å². The van der Waals surface area contributed by atoms with E-state index in [1.54, 1.807) is 11.0 Å². The van der Waals surface area contributed by atoms with E-state index >= 15 is 0 Å². The Labute approximate surface area is 112 Å². The van der Waals surface area contributed by atoms with Crippen LogP contribution in [0.15, 0.2) is 24.3 Å². The van der Waals surface area contributed by atoms with Crippen LogP contribution in [0.2, 0.25) is 0 Å². The van der Waals surface area contributed by atoms with E-state index in [1.807, 2.05) is 13.8 Å². The van der Waals surface area contributed by atoms with Crippen molar-refractivity contribution in [2.24, 2.45) is 0 Å². The number of amides is 2. The van der Waals surface area contributed by atoms with Crippen LogP contribution in [0, 0.1) is 5.82 Å². The molecule has 0 heterocycles. The van der Waals surface area contributed by atoms with Gasteiger partial charge in [0.05, 0.1) is 5.56 Å². The molecule has 19 heavy (non-hydrogen) atoms. The maximum atomic E-state index is 13.3. The molecule has 104 valence electrons. The number of halogens is 1. The van der Waals surface area contributed by atoms with E-state index in [9.17, 15) is 14.0 Å². The summed E-state index contributed by atoms with van der Waals surface area (Å²) in [6.07, 6.45) is 0.224. The number of carbonyl (C=O) groups excluding carboxylic acids is 2. The average molecular weight is 266 g/mol. The predicted molar refractivity (Wildman–Crippen MR) is 71.3 cm³/mol. The smallest absolute Gasteiger partial charge is 0.254 e. The number of rotatable bonds is 6. The lowest BCUT2D eigenvalue weighted by atomic mass is 10.2. The van der Waals surface area contributed by atoms with Crippen molar-refractivity contribution in [2.75, 3.05) is 19.6 Å². The van der Waals surface area contributed by atoms with Gasteiger partial charge in [0.25, 0.3) is 5.91 Å². The zero-order valence-corrected chi connectivity index (χ0v) is 11.3. The van der Waals surface area contributed by atoms with Crippen LogP contribution >= 0.6 is 0 Å². The van der Waals surface area contributed by atoms with Crippen molar-refractivity contribution in [3.63, 3.8) is 0 Å². The third kappa shape index (κ3) is 4.35. The molecule has 0 saturated carbocycles. The predicted octanol–water partition coefficient (Wildman–Crippen LogP) is 1.81. The molecule has 0 atom stereocenters. The zero-order chi connectivity index (χ0) is 14.3. The Morgan fingerprint density at radius 2 is 1.84 bits per heavy atom. The Hall–Kier alpha value is -1.91. The number of hydrogen-bond acceptors (Lipinski definition) is 2. The number of hydrogen-bond donors (Lipinski definition) is 1. The molecule has 5 heteroatoms. The Bertz CT molecular complexity index is 445. The molecule has 2 amide bonds. The van der Waals surface area contributed by atoms with E-state index in [1.165, 1.54) is 18.2 Å². The van der Waals surface area contributed by atoms with Gasteiger partial charge in [0, 0.05) is 26.1 Å². The molecule has 0 unspecified atom stereocenters. The molecule has 1 N–H and O–H groups in total. The second-order valence-corrected chi connectivity index (χ2v) is 4.05. The fourth-order valence-corrected chi connectivity index (χ4v) is 1.76. The Kier molecular flexibility index (Phi) is 5.99. The average Bonchev–Trinajstić information content (AvgIpc) is 2.40. The van der Waals surface area contributed by atoms with Gasteiger partial charge in [0.1, 0.15) is 5.82 Å². The summed E-state index contributed by atoms with van der Waals surface area (Å²) in [5, 5.41) is 2.55. The second kappa shape index (κ2) is 7.51. The normalized spacial score (nSPS) is 10.1. The maximum Gasteiger partial charge on any atom is 0.254 e. The van der Waals surface area contributed by atoms with E-state index in [4.69, 9.17) is 0 Å². The van der Waals surface area contributed by atoms with Crippen molar-refractivity contribution in [2.45, 2.75) is 20.3 Å². The molecular formula is C14H19FN2O2. The largest absolute Gasteiger partial charge is 0.351 e. The molecule has 0 bridgehead atoms. The molecule has 4 nitrogen and oxygen atoms in total. The first-order valence-electron chi connectivity index (χ1n) is 6.40. The molecule has 0 aliphatic rings. The van der Waals surface area contributed by atoms with Crippen molar-refractivity contribution in [1.82, 2.24) is 10.2 Å². The minimum absolute atomic E-state index is 0.00205. The molecule has 1 aromatic carbocycles. The molecular weight excluding hydrogens is 247 g/mol. The first-order valence-corrected chi connectivity index (χ1v) is 6.40. The zero-order valence-electron chi connectivity index (χ0n) is 11.3. The standard InChI is InChI=1S/C14H19FN2O2/c1-3-17(4-2)13(18)9-10-16-14(19)11-7-5-6-8-12(11)15/h5-8H,3-4,9-10H2,1-2H3,(H,16,19). The fourth-order valence-electron chi connectivity index (χ4n) is 1.76. The van der Waals surface area contributed by atoms with Gasteiger partial charge in [-0.2, -0.15) is 0 Å². The van der Waals surface area contributed by atoms with Gasteiger partial charge >= 0.3 is 0 Å². The minimum atomic E-state index is -0.560. The van der Waals surface area contributed by atoms with E-state index in [2.05, 4.69) is 5.32 Å². The topological polar surface area (TPSA) is 49.4 Å². The summed E-state index contributed by atoms with van der Waals surface area (Å²) in [4.78, 5) is 25.1. The summed E-state index contributed by atoms with van der Waals surface area (Å²) in [5.74, 6) is -1.07. The van der Waals surface area contributed by atoms with Crippen molar-refractivity contribution < 1.29 is 14.0 Å². The van der Waals surface area contributed by atoms with Crippen LogP contribution in [0.3, 0.4) is 0 Å². The molecule has 0 fully saturated rings. The van der Waals surface area contributed by atoms with Crippen LogP contribution in [0.5, 0.6) is 0 Å². The van der Waals surface area contributed by atoms with Gasteiger partial charge in [-0.15, -0.1) is 0 Å². The molecule has 0 aromatic heterocycles. The lowest BCUT2D eigenvalue weighted by Gasteiger charge is -2.18. The van der Waals surface area contributed by atoms with Crippen LogP contribution in [-0.4, -0.2) is 36.3 Å². The van der Waals surface area contributed by atoms with Crippen LogP contribution in [0.1, 0.15) is 30.6 Å². The Morgan fingerprint density at radius 1 is 1.21 bits per heavy atom. The summed E-state index contributed by atoms with van der Waals surface area (Å²) in [7, 11) is 0. The van der Waals surface area contributed by atoms with Gasteiger partial charge in [0.2, 0.25) is 5.91 Å². The van der Waals surface area contributed by atoms with Crippen LogP contribution in [-0.2, 0) is 4.79 Å². The van der Waals surface area contributed by atoms with E-state index < -0.39 is 11.7 Å². The summed E-state index contributed by atoms with van der Waals surface area (Å²) >= 11 is 0. The first kappa shape index (κ1) is 15.1. The summed E-state index contributed by atoms with van der Waals surface area (Å²) < 4.78 is 13.3. The minimum Gasteiger partial charge on any atom is -0.351 e. The fraction of sp³-hybridized carbons (Fsp3) is 0.429. The highest BCUT2D eigenvalue weighted by Gasteiger charge is 2.12. The van der Waals surface area contributed by atoms with Gasteiger partial charge in [0.15, 0.2) is 0 Å². The van der Waals surface area contributed by atoms with Crippen LogP contribution < -0.4 is 5.32 Å². The molecule has 0 spiro atoms. The highest BCUT2D eigenvalue weighted by molar-refractivity contribution is 5.94. The number of nitrogens with zero attached hydrogens (tertiary/aromatic N) is 1. The van der Waals surface area contributed by atoms with Crippen molar-refractivity contribution in [3.05, 3.63) is 35.6 Å². The van der Waals surface area contributed by atoms with E-state index in [0.717, 1.165) is 0 Å². The summed E-state index contributed by atoms with van der Waals surface area (Å²) in [5.41, 5.74) is -0.00205. The quantitative estimate of drug-likeness (QED) is 0.853. The Morgan fingerprint density at radius 3 is 2.42 bits per heavy atom. The van der Waals surface area contributed by atoms with Crippen LogP contribution in [0.4, 0.5) is 4.39 Å². The third-order valence-electron chi connectivity index (χ3n) is 2.86.